The van der Waals surface area contributed by atoms with Crippen molar-refractivity contribution < 1.29 is 4.79 Å². The zero-order valence-corrected chi connectivity index (χ0v) is 22.1. The van der Waals surface area contributed by atoms with E-state index in [0.29, 0.717) is 6.42 Å². The Morgan fingerprint density at radius 3 is 2.35 bits per heavy atom. The van der Waals surface area contributed by atoms with E-state index in [4.69, 9.17) is 5.10 Å². The number of aryl methyl sites for hydroxylation is 1. The van der Waals surface area contributed by atoms with Crippen LogP contribution in [0.1, 0.15) is 86.5 Å². The molecule has 2 heterocycles. The third kappa shape index (κ3) is 4.43. The first-order valence-corrected chi connectivity index (χ1v) is 13.6. The fraction of sp³-hybridized carbons (Fsp3) is 0.448. The lowest BCUT2D eigenvalue weighted by molar-refractivity contribution is 0.0942. The van der Waals surface area contributed by atoms with Crippen LogP contribution in [0.15, 0.2) is 59.6 Å². The predicted octanol–water partition coefficient (Wildman–Crippen LogP) is 7.54. The molecule has 3 aromatic rings. The van der Waals surface area contributed by atoms with Crippen LogP contribution in [0.2, 0.25) is 0 Å². The number of nitrogens with one attached hydrogen (secondary N) is 1. The molecule has 5 heteroatoms. The molecule has 4 nitrogen and oxygen atoms in total. The number of thioether (sulfide) groups is 1. The van der Waals surface area contributed by atoms with E-state index >= 15 is 0 Å². The maximum absolute atomic E-state index is 14.1. The molecule has 0 radical (unpaired) electrons. The molecule has 0 fully saturated rings. The smallest absolute Gasteiger partial charge is 0.170 e. The summed E-state index contributed by atoms with van der Waals surface area (Å²) in [4.78, 5) is 14.1. The van der Waals surface area contributed by atoms with Gasteiger partial charge in [0.05, 0.1) is 17.1 Å². The van der Waals surface area contributed by atoms with Gasteiger partial charge in [-0.15, -0.1) is 11.8 Å². The highest BCUT2D eigenvalue weighted by molar-refractivity contribution is 7.98. The van der Waals surface area contributed by atoms with Gasteiger partial charge >= 0.3 is 0 Å². The Morgan fingerprint density at radius 1 is 1.12 bits per heavy atom. The third-order valence-electron chi connectivity index (χ3n) is 7.63. The standard InChI is InChI=1S/C29H37N3OS/c1-7-29(8-2,22-16-14-20(3)15-17-22)19-24(33)25-26-30-23(21-12-10-9-11-13-21)18-28(4,5)32(26)31-27(25)34-6/h9-17,23,30H,7-8,18-19H2,1-6H3. The van der Waals surface area contributed by atoms with Crippen molar-refractivity contribution in [2.45, 2.75) is 82.3 Å². The number of carbonyl (C=O) groups is 1. The number of ketones is 1. The number of Topliss-reactive ketones (excluding diaryl/α,β-unsaturated/α-hetero) is 1. The van der Waals surface area contributed by atoms with Gasteiger partial charge in [-0.3, -0.25) is 4.79 Å². The maximum Gasteiger partial charge on any atom is 0.170 e. The quantitative estimate of drug-likeness (QED) is 0.270. The molecule has 1 aliphatic heterocycles. The number of hydrogen-bond acceptors (Lipinski definition) is 4. The molecule has 180 valence electrons. The summed E-state index contributed by atoms with van der Waals surface area (Å²) in [7, 11) is 0. The zero-order chi connectivity index (χ0) is 24.5. The molecule has 2 aromatic carbocycles. The Bertz CT molecular complexity index is 1140. The molecule has 0 saturated carbocycles. The van der Waals surface area contributed by atoms with Crippen molar-refractivity contribution in [1.82, 2.24) is 9.78 Å². The molecular formula is C29H37N3OS. The minimum atomic E-state index is -0.201. The molecule has 0 bridgehead atoms. The van der Waals surface area contributed by atoms with E-state index in [1.54, 1.807) is 11.8 Å². The van der Waals surface area contributed by atoms with Crippen LogP contribution >= 0.6 is 11.8 Å². The van der Waals surface area contributed by atoms with Gasteiger partial charge in [-0.25, -0.2) is 4.68 Å². The average molecular weight is 476 g/mol. The Kier molecular flexibility index (Phi) is 6.95. The Labute approximate surface area is 208 Å². The first-order chi connectivity index (χ1) is 16.2. The second kappa shape index (κ2) is 9.61. The molecule has 0 saturated heterocycles. The summed E-state index contributed by atoms with van der Waals surface area (Å²) in [6, 6.07) is 19.4. The molecule has 1 atom stereocenters. The first-order valence-electron chi connectivity index (χ1n) is 12.3. The van der Waals surface area contributed by atoms with Crippen LogP contribution in [0.25, 0.3) is 0 Å². The minimum absolute atomic E-state index is 0.140. The summed E-state index contributed by atoms with van der Waals surface area (Å²) in [6.45, 7) is 10.9. The molecule has 4 rings (SSSR count). The monoisotopic (exact) mass is 475 g/mol. The fourth-order valence-electron chi connectivity index (χ4n) is 5.37. The average Bonchev–Trinajstić information content (AvgIpc) is 3.23. The normalized spacial score (nSPS) is 17.2. The molecule has 1 aliphatic rings. The van der Waals surface area contributed by atoms with Crippen LogP contribution in [-0.2, 0) is 11.0 Å². The van der Waals surface area contributed by atoms with Crippen LogP contribution < -0.4 is 5.32 Å². The van der Waals surface area contributed by atoms with Crippen molar-refractivity contribution in [1.29, 1.82) is 0 Å². The molecule has 34 heavy (non-hydrogen) atoms. The van der Waals surface area contributed by atoms with Gasteiger partial charge in [0, 0.05) is 11.8 Å². The van der Waals surface area contributed by atoms with Gasteiger partial charge in [-0.1, -0.05) is 74.0 Å². The molecule has 0 amide bonds. The van der Waals surface area contributed by atoms with Crippen LogP contribution in [0.5, 0.6) is 0 Å². The lowest BCUT2D eigenvalue weighted by Crippen LogP contribution is -2.38. The van der Waals surface area contributed by atoms with E-state index in [9.17, 15) is 4.79 Å². The van der Waals surface area contributed by atoms with Crippen LogP contribution in [0.3, 0.4) is 0 Å². The van der Waals surface area contributed by atoms with Gasteiger partial charge in [-0.05, 0) is 57.4 Å². The summed E-state index contributed by atoms with van der Waals surface area (Å²) in [5.41, 5.74) is 4.10. The molecule has 0 aliphatic carbocycles. The number of anilines is 1. The first kappa shape index (κ1) is 24.6. The summed E-state index contributed by atoms with van der Waals surface area (Å²) in [6.07, 6.45) is 5.24. The number of nitrogens with zero attached hydrogens (tertiary/aromatic N) is 2. The Balaban J connectivity index is 1.75. The third-order valence-corrected chi connectivity index (χ3v) is 8.30. The van der Waals surface area contributed by atoms with Gasteiger partial charge in [0.25, 0.3) is 0 Å². The van der Waals surface area contributed by atoms with Gasteiger partial charge in [0.15, 0.2) is 5.78 Å². The number of fused-ring (bicyclic) bond motifs is 1. The van der Waals surface area contributed by atoms with Crippen LogP contribution in [0.4, 0.5) is 5.82 Å². The number of carbonyl (C=O) groups excluding carboxylic acids is 1. The summed E-state index contributed by atoms with van der Waals surface area (Å²) in [5.74, 6) is 1.04. The molecule has 1 N–H and O–H groups in total. The second-order valence-corrected chi connectivity index (χ2v) is 11.0. The van der Waals surface area contributed by atoms with Gasteiger partial charge in [0.2, 0.25) is 0 Å². The Morgan fingerprint density at radius 2 is 1.76 bits per heavy atom. The maximum atomic E-state index is 14.1. The molecule has 1 aromatic heterocycles. The lowest BCUT2D eigenvalue weighted by atomic mass is 9.71. The van der Waals surface area contributed by atoms with E-state index in [2.05, 4.69) is 93.1 Å². The summed E-state index contributed by atoms with van der Waals surface area (Å²) in [5, 5.41) is 9.46. The highest BCUT2D eigenvalue weighted by Gasteiger charge is 2.40. The van der Waals surface area contributed by atoms with Crippen molar-refractivity contribution in [2.75, 3.05) is 11.6 Å². The van der Waals surface area contributed by atoms with Crippen LogP contribution in [0, 0.1) is 6.92 Å². The van der Waals surface area contributed by atoms with Crippen molar-refractivity contribution >= 4 is 23.4 Å². The Hall–Kier alpha value is -2.53. The summed E-state index contributed by atoms with van der Waals surface area (Å²) < 4.78 is 2.05. The molecule has 1 unspecified atom stereocenters. The largest absolute Gasteiger partial charge is 0.363 e. The predicted molar refractivity (Wildman–Crippen MR) is 143 cm³/mol. The van der Waals surface area contributed by atoms with Gasteiger partial charge < -0.3 is 5.32 Å². The van der Waals surface area contributed by atoms with Crippen molar-refractivity contribution in [3.8, 4) is 0 Å². The van der Waals surface area contributed by atoms with Crippen molar-refractivity contribution in [2.24, 2.45) is 0 Å². The topological polar surface area (TPSA) is 46.9 Å². The van der Waals surface area contributed by atoms with Gasteiger partial charge in [-0.2, -0.15) is 5.10 Å². The van der Waals surface area contributed by atoms with Crippen molar-refractivity contribution in [3.63, 3.8) is 0 Å². The SMILES string of the molecule is CCC(CC)(CC(=O)c1c(SC)nn2c1NC(c1ccccc1)CC2(C)C)c1ccc(C)cc1. The number of rotatable bonds is 8. The highest BCUT2D eigenvalue weighted by Crippen LogP contribution is 2.44. The summed E-state index contributed by atoms with van der Waals surface area (Å²) >= 11 is 1.56. The lowest BCUT2D eigenvalue weighted by Gasteiger charge is -2.38. The van der Waals surface area contributed by atoms with E-state index in [-0.39, 0.29) is 22.8 Å². The zero-order valence-electron chi connectivity index (χ0n) is 21.3. The highest BCUT2D eigenvalue weighted by atomic mass is 32.2. The molecular weight excluding hydrogens is 438 g/mol. The van der Waals surface area contributed by atoms with E-state index in [1.165, 1.54) is 16.7 Å². The van der Waals surface area contributed by atoms with Crippen LogP contribution in [-0.4, -0.2) is 21.8 Å². The van der Waals surface area contributed by atoms with E-state index in [0.717, 1.165) is 35.7 Å². The minimum Gasteiger partial charge on any atom is -0.363 e. The number of hydrogen-bond donors (Lipinski definition) is 1. The van der Waals surface area contributed by atoms with E-state index in [1.807, 2.05) is 12.3 Å². The number of aromatic nitrogens is 2. The van der Waals surface area contributed by atoms with Gasteiger partial charge in [0.1, 0.15) is 10.8 Å². The second-order valence-electron chi connectivity index (χ2n) is 10.2. The fourth-order valence-corrected chi connectivity index (χ4v) is 5.94. The van der Waals surface area contributed by atoms with Crippen molar-refractivity contribution in [3.05, 3.63) is 76.9 Å². The molecule has 0 spiro atoms. The van der Waals surface area contributed by atoms with E-state index < -0.39 is 0 Å². The number of benzene rings is 2.